The summed E-state index contributed by atoms with van der Waals surface area (Å²) in [5.74, 6) is -1.72. The SMILES string of the molecule is CCCn1nc(C(=O)N2CCCC(C(=O)O)C2)ccc1=O. The highest BCUT2D eigenvalue weighted by atomic mass is 16.4. The van der Waals surface area contributed by atoms with Gasteiger partial charge in [-0.3, -0.25) is 14.4 Å². The van der Waals surface area contributed by atoms with Crippen LogP contribution in [0, 0.1) is 5.92 Å². The summed E-state index contributed by atoms with van der Waals surface area (Å²) in [4.78, 5) is 36.5. The first kappa shape index (κ1) is 15.2. The van der Waals surface area contributed by atoms with Crippen molar-refractivity contribution in [2.45, 2.75) is 32.7 Å². The van der Waals surface area contributed by atoms with E-state index in [2.05, 4.69) is 5.10 Å². The summed E-state index contributed by atoms with van der Waals surface area (Å²) < 4.78 is 1.27. The molecule has 0 aromatic carbocycles. The standard InChI is InChI=1S/C14H19N3O4/c1-2-7-17-12(18)6-5-11(15-17)13(19)16-8-3-4-10(9-16)14(20)21/h5-6,10H,2-4,7-9H2,1H3,(H,20,21). The number of carbonyl (C=O) groups is 2. The Balaban J connectivity index is 2.17. The second kappa shape index (κ2) is 6.51. The number of aromatic nitrogens is 2. The molecule has 114 valence electrons. The van der Waals surface area contributed by atoms with Crippen LogP contribution in [-0.2, 0) is 11.3 Å². The van der Waals surface area contributed by atoms with Crippen molar-refractivity contribution in [3.8, 4) is 0 Å². The lowest BCUT2D eigenvalue weighted by Gasteiger charge is -2.30. The van der Waals surface area contributed by atoms with E-state index in [0.717, 1.165) is 6.42 Å². The average Bonchev–Trinajstić information content (AvgIpc) is 2.49. The molecule has 0 bridgehead atoms. The van der Waals surface area contributed by atoms with E-state index in [1.165, 1.54) is 21.7 Å². The molecule has 21 heavy (non-hydrogen) atoms. The monoisotopic (exact) mass is 293 g/mol. The molecule has 1 aliphatic heterocycles. The normalized spacial score (nSPS) is 18.5. The minimum absolute atomic E-state index is 0.189. The molecule has 1 unspecified atom stereocenters. The number of rotatable bonds is 4. The summed E-state index contributed by atoms with van der Waals surface area (Å²) in [6.07, 6.45) is 1.99. The van der Waals surface area contributed by atoms with Gasteiger partial charge in [0.1, 0.15) is 5.69 Å². The van der Waals surface area contributed by atoms with Crippen LogP contribution in [0.1, 0.15) is 36.7 Å². The lowest BCUT2D eigenvalue weighted by Crippen LogP contribution is -2.43. The Morgan fingerprint density at radius 2 is 2.19 bits per heavy atom. The molecular formula is C14H19N3O4. The number of carboxylic acids is 1. The second-order valence-electron chi connectivity index (χ2n) is 5.21. The predicted molar refractivity (Wildman–Crippen MR) is 75.1 cm³/mol. The summed E-state index contributed by atoms with van der Waals surface area (Å²) in [6.45, 7) is 3.10. The van der Waals surface area contributed by atoms with Gasteiger partial charge in [-0.2, -0.15) is 5.10 Å². The molecule has 7 heteroatoms. The largest absolute Gasteiger partial charge is 0.481 e. The highest BCUT2D eigenvalue weighted by Gasteiger charge is 2.29. The maximum atomic E-state index is 12.4. The highest BCUT2D eigenvalue weighted by Crippen LogP contribution is 2.18. The molecule has 1 amide bonds. The lowest BCUT2D eigenvalue weighted by molar-refractivity contribution is -0.143. The maximum Gasteiger partial charge on any atom is 0.308 e. The van der Waals surface area contributed by atoms with Crippen molar-refractivity contribution in [1.82, 2.24) is 14.7 Å². The van der Waals surface area contributed by atoms with Gasteiger partial charge in [-0.25, -0.2) is 4.68 Å². The van der Waals surface area contributed by atoms with E-state index < -0.39 is 11.9 Å². The number of aryl methyl sites for hydroxylation is 1. The first-order valence-corrected chi connectivity index (χ1v) is 7.13. The van der Waals surface area contributed by atoms with E-state index >= 15 is 0 Å². The third kappa shape index (κ3) is 3.48. The molecule has 1 aliphatic rings. The van der Waals surface area contributed by atoms with E-state index in [1.54, 1.807) is 0 Å². The fraction of sp³-hybridized carbons (Fsp3) is 0.571. The van der Waals surface area contributed by atoms with Gasteiger partial charge in [0.25, 0.3) is 11.5 Å². The molecule has 1 atom stereocenters. The van der Waals surface area contributed by atoms with Gasteiger partial charge in [0.2, 0.25) is 0 Å². The molecule has 1 fully saturated rings. The van der Waals surface area contributed by atoms with Crippen LogP contribution in [-0.4, -0.2) is 44.8 Å². The molecule has 7 nitrogen and oxygen atoms in total. The Hall–Kier alpha value is -2.18. The highest BCUT2D eigenvalue weighted by molar-refractivity contribution is 5.92. The van der Waals surface area contributed by atoms with E-state index in [9.17, 15) is 14.4 Å². The molecule has 2 heterocycles. The molecule has 1 aromatic rings. The Bertz CT molecular complexity index is 596. The van der Waals surface area contributed by atoms with Crippen molar-refractivity contribution in [1.29, 1.82) is 0 Å². The second-order valence-corrected chi connectivity index (χ2v) is 5.21. The van der Waals surface area contributed by atoms with Crippen LogP contribution in [0.3, 0.4) is 0 Å². The van der Waals surface area contributed by atoms with Crippen molar-refractivity contribution in [2.75, 3.05) is 13.1 Å². The molecular weight excluding hydrogens is 274 g/mol. The van der Waals surface area contributed by atoms with Gasteiger partial charge >= 0.3 is 5.97 Å². The third-order valence-corrected chi connectivity index (χ3v) is 3.58. The summed E-state index contributed by atoms with van der Waals surface area (Å²) in [6, 6.07) is 2.73. The van der Waals surface area contributed by atoms with Gasteiger partial charge in [-0.15, -0.1) is 0 Å². The number of hydrogen-bond donors (Lipinski definition) is 1. The number of carboxylic acid groups (broad SMARTS) is 1. The zero-order valence-corrected chi connectivity index (χ0v) is 12.0. The first-order valence-electron chi connectivity index (χ1n) is 7.13. The summed E-state index contributed by atoms with van der Waals surface area (Å²) in [5, 5.41) is 13.1. The summed E-state index contributed by atoms with van der Waals surface area (Å²) in [5.41, 5.74) is -0.0513. The van der Waals surface area contributed by atoms with Crippen LogP contribution in [0.2, 0.25) is 0 Å². The van der Waals surface area contributed by atoms with Gasteiger partial charge in [-0.1, -0.05) is 6.92 Å². The van der Waals surface area contributed by atoms with Crippen LogP contribution < -0.4 is 5.56 Å². The zero-order valence-electron chi connectivity index (χ0n) is 12.0. The minimum Gasteiger partial charge on any atom is -0.481 e. The molecule has 1 saturated heterocycles. The van der Waals surface area contributed by atoms with Crippen molar-refractivity contribution in [3.63, 3.8) is 0 Å². The van der Waals surface area contributed by atoms with E-state index in [0.29, 0.717) is 25.9 Å². The smallest absolute Gasteiger partial charge is 0.308 e. The number of aliphatic carboxylic acids is 1. The molecule has 0 saturated carbocycles. The van der Waals surface area contributed by atoms with E-state index in [4.69, 9.17) is 5.11 Å². The topological polar surface area (TPSA) is 92.5 Å². The molecule has 2 rings (SSSR count). The number of amides is 1. The fourth-order valence-electron chi connectivity index (χ4n) is 2.46. The average molecular weight is 293 g/mol. The van der Waals surface area contributed by atoms with Crippen LogP contribution in [0.25, 0.3) is 0 Å². The van der Waals surface area contributed by atoms with Gasteiger partial charge in [0.15, 0.2) is 0 Å². The van der Waals surface area contributed by atoms with Crippen molar-refractivity contribution in [2.24, 2.45) is 5.92 Å². The van der Waals surface area contributed by atoms with Crippen molar-refractivity contribution >= 4 is 11.9 Å². The van der Waals surface area contributed by atoms with Crippen LogP contribution in [0.15, 0.2) is 16.9 Å². The molecule has 0 aliphatic carbocycles. The number of hydrogen-bond acceptors (Lipinski definition) is 4. The Labute approximate surface area is 122 Å². The van der Waals surface area contributed by atoms with Crippen LogP contribution in [0.5, 0.6) is 0 Å². The Kier molecular flexibility index (Phi) is 4.72. The number of piperidine rings is 1. The van der Waals surface area contributed by atoms with Gasteiger partial charge in [-0.05, 0) is 25.3 Å². The van der Waals surface area contributed by atoms with E-state index in [-0.39, 0.29) is 23.7 Å². The minimum atomic E-state index is -0.878. The van der Waals surface area contributed by atoms with E-state index in [1.807, 2.05) is 6.92 Å². The zero-order chi connectivity index (χ0) is 15.4. The third-order valence-electron chi connectivity index (χ3n) is 3.58. The molecule has 1 aromatic heterocycles. The van der Waals surface area contributed by atoms with Crippen molar-refractivity contribution in [3.05, 3.63) is 28.2 Å². The summed E-state index contributed by atoms with van der Waals surface area (Å²) >= 11 is 0. The quantitative estimate of drug-likeness (QED) is 0.877. The lowest BCUT2D eigenvalue weighted by atomic mass is 9.98. The number of nitrogens with zero attached hydrogens (tertiary/aromatic N) is 3. The van der Waals surface area contributed by atoms with Crippen LogP contribution in [0.4, 0.5) is 0 Å². The number of carbonyl (C=O) groups excluding carboxylic acids is 1. The maximum absolute atomic E-state index is 12.4. The fourth-order valence-corrected chi connectivity index (χ4v) is 2.46. The Morgan fingerprint density at radius 1 is 1.43 bits per heavy atom. The van der Waals surface area contributed by atoms with Crippen molar-refractivity contribution < 1.29 is 14.7 Å². The summed E-state index contributed by atoms with van der Waals surface area (Å²) in [7, 11) is 0. The first-order chi connectivity index (χ1) is 10.0. The van der Waals surface area contributed by atoms with Gasteiger partial charge in [0, 0.05) is 25.7 Å². The van der Waals surface area contributed by atoms with Crippen LogP contribution >= 0.6 is 0 Å². The van der Waals surface area contributed by atoms with Gasteiger partial charge in [0.05, 0.1) is 5.92 Å². The van der Waals surface area contributed by atoms with Gasteiger partial charge < -0.3 is 10.0 Å². The number of likely N-dealkylation sites (tertiary alicyclic amines) is 1. The predicted octanol–water partition coefficient (Wildman–Crippen LogP) is 0.590. The Morgan fingerprint density at radius 3 is 2.86 bits per heavy atom. The molecule has 0 spiro atoms. The molecule has 1 N–H and O–H groups in total. The molecule has 0 radical (unpaired) electrons.